The van der Waals surface area contributed by atoms with Crippen LogP contribution in [0.2, 0.25) is 0 Å². The van der Waals surface area contributed by atoms with Crippen molar-refractivity contribution in [3.63, 3.8) is 0 Å². The number of aromatic nitrogens is 1. The first-order chi connectivity index (χ1) is 13.8. The number of likely N-dealkylation sites (tertiary alicyclic amines) is 1. The van der Waals surface area contributed by atoms with Gasteiger partial charge in [0.05, 0.1) is 0 Å². The molecule has 1 aromatic carbocycles. The maximum absolute atomic E-state index is 4.28. The molecule has 4 nitrogen and oxygen atoms in total. The van der Waals surface area contributed by atoms with Crippen molar-refractivity contribution in [1.82, 2.24) is 15.2 Å². The van der Waals surface area contributed by atoms with Gasteiger partial charge in [0.25, 0.3) is 0 Å². The summed E-state index contributed by atoms with van der Waals surface area (Å²) in [4.78, 5) is 9.44. The number of pyridine rings is 1. The highest BCUT2D eigenvalue weighted by Crippen LogP contribution is 2.22. The summed E-state index contributed by atoms with van der Waals surface area (Å²) in [6, 6.07) is 14.4. The lowest BCUT2D eigenvalue weighted by molar-refractivity contribution is 0.236. The van der Waals surface area contributed by atoms with Crippen LogP contribution >= 0.6 is 0 Å². The molecule has 2 aliphatic rings. The maximum Gasteiger partial charge on any atom is 0.0368 e. The Balaban J connectivity index is 1.28. The molecule has 0 amide bonds. The fourth-order valence-corrected chi connectivity index (χ4v) is 4.71. The summed E-state index contributed by atoms with van der Waals surface area (Å²) in [5.74, 6) is 0. The van der Waals surface area contributed by atoms with Gasteiger partial charge in [0, 0.05) is 56.3 Å². The first kappa shape index (κ1) is 19.4. The minimum Gasteiger partial charge on any atom is -0.371 e. The van der Waals surface area contributed by atoms with Crippen LogP contribution in [-0.2, 0) is 6.54 Å². The molecule has 0 radical (unpaired) electrons. The van der Waals surface area contributed by atoms with Crippen LogP contribution in [0.4, 0.5) is 5.69 Å². The van der Waals surface area contributed by atoms with Crippen LogP contribution in [0, 0.1) is 6.92 Å². The number of piperidine rings is 1. The molecule has 2 fully saturated rings. The van der Waals surface area contributed by atoms with Crippen molar-refractivity contribution in [3.05, 3.63) is 59.9 Å². The number of nitrogens with one attached hydrogen (secondary N) is 1. The first-order valence-electron chi connectivity index (χ1n) is 11.0. The Labute approximate surface area is 170 Å². The van der Waals surface area contributed by atoms with E-state index in [0.29, 0.717) is 12.1 Å². The smallest absolute Gasteiger partial charge is 0.0368 e. The number of hydrogen-bond donors (Lipinski definition) is 1. The number of anilines is 1. The van der Waals surface area contributed by atoms with E-state index in [1.807, 2.05) is 18.5 Å². The van der Waals surface area contributed by atoms with Gasteiger partial charge in [-0.05, 0) is 68.5 Å². The SMILES string of the molecule is Cc1cccc(N2CCC(NC3CCCCN(Cc4cccnc4)C3)CC2)c1. The first-order valence-corrected chi connectivity index (χ1v) is 11.0. The molecule has 4 rings (SSSR count). The number of nitrogens with zero attached hydrogens (tertiary/aromatic N) is 3. The third-order valence-corrected chi connectivity index (χ3v) is 6.22. The Bertz CT molecular complexity index is 724. The van der Waals surface area contributed by atoms with Gasteiger partial charge in [-0.25, -0.2) is 0 Å². The monoisotopic (exact) mass is 378 g/mol. The van der Waals surface area contributed by atoms with Crippen molar-refractivity contribution < 1.29 is 0 Å². The van der Waals surface area contributed by atoms with Gasteiger partial charge in [-0.1, -0.05) is 24.6 Å². The average molecular weight is 379 g/mol. The van der Waals surface area contributed by atoms with Crippen LogP contribution in [0.15, 0.2) is 48.8 Å². The van der Waals surface area contributed by atoms with Crippen molar-refractivity contribution >= 4 is 5.69 Å². The molecule has 2 saturated heterocycles. The molecule has 0 saturated carbocycles. The van der Waals surface area contributed by atoms with Gasteiger partial charge in [0.15, 0.2) is 0 Å². The van der Waals surface area contributed by atoms with Gasteiger partial charge in [-0.2, -0.15) is 0 Å². The summed E-state index contributed by atoms with van der Waals surface area (Å²) < 4.78 is 0. The standard InChI is InChI=1S/C24H34N4/c1-20-6-4-9-24(16-20)28-14-10-22(11-15-28)26-23-8-2-3-13-27(19-23)18-21-7-5-12-25-17-21/h4-7,9,12,16-17,22-23,26H,2-3,8,10-11,13-15,18-19H2,1H3. The highest BCUT2D eigenvalue weighted by Gasteiger charge is 2.24. The van der Waals surface area contributed by atoms with E-state index in [1.165, 1.54) is 55.5 Å². The summed E-state index contributed by atoms with van der Waals surface area (Å²) in [7, 11) is 0. The van der Waals surface area contributed by atoms with Crippen LogP contribution in [0.25, 0.3) is 0 Å². The Morgan fingerprint density at radius 3 is 2.68 bits per heavy atom. The van der Waals surface area contributed by atoms with Crippen molar-refractivity contribution in [2.45, 2.75) is 57.7 Å². The van der Waals surface area contributed by atoms with Gasteiger partial charge >= 0.3 is 0 Å². The second-order valence-electron chi connectivity index (χ2n) is 8.56. The van der Waals surface area contributed by atoms with E-state index >= 15 is 0 Å². The second-order valence-corrected chi connectivity index (χ2v) is 8.56. The summed E-state index contributed by atoms with van der Waals surface area (Å²) in [6.45, 7) is 7.89. The fraction of sp³-hybridized carbons (Fsp3) is 0.542. The van der Waals surface area contributed by atoms with E-state index in [4.69, 9.17) is 0 Å². The molecule has 0 spiro atoms. The average Bonchev–Trinajstić information content (AvgIpc) is 2.94. The minimum absolute atomic E-state index is 0.620. The van der Waals surface area contributed by atoms with Gasteiger partial charge < -0.3 is 10.2 Å². The molecule has 0 aliphatic carbocycles. The zero-order valence-electron chi connectivity index (χ0n) is 17.2. The lowest BCUT2D eigenvalue weighted by atomic mass is 10.0. The lowest BCUT2D eigenvalue weighted by Gasteiger charge is -2.36. The van der Waals surface area contributed by atoms with E-state index < -0.39 is 0 Å². The van der Waals surface area contributed by atoms with Gasteiger partial charge in [0.2, 0.25) is 0 Å². The van der Waals surface area contributed by atoms with Crippen LogP contribution in [0.3, 0.4) is 0 Å². The van der Waals surface area contributed by atoms with E-state index in [1.54, 1.807) is 0 Å². The summed E-state index contributed by atoms with van der Waals surface area (Å²) in [5.41, 5.74) is 4.06. The molecular formula is C24H34N4. The van der Waals surface area contributed by atoms with Gasteiger partial charge in [-0.15, -0.1) is 0 Å². The summed E-state index contributed by atoms with van der Waals surface area (Å²) in [5, 5.41) is 4.01. The minimum atomic E-state index is 0.620. The molecule has 4 heteroatoms. The third kappa shape index (κ3) is 5.33. The Hall–Kier alpha value is -1.91. The molecule has 150 valence electrons. The van der Waals surface area contributed by atoms with E-state index in [0.717, 1.165) is 26.2 Å². The van der Waals surface area contributed by atoms with Gasteiger partial charge in [0.1, 0.15) is 0 Å². The van der Waals surface area contributed by atoms with Crippen molar-refractivity contribution in [1.29, 1.82) is 0 Å². The van der Waals surface area contributed by atoms with E-state index in [2.05, 4.69) is 57.4 Å². The van der Waals surface area contributed by atoms with Crippen LogP contribution in [0.1, 0.15) is 43.2 Å². The van der Waals surface area contributed by atoms with Crippen LogP contribution in [0.5, 0.6) is 0 Å². The predicted octanol–water partition coefficient (Wildman–Crippen LogP) is 4.00. The lowest BCUT2D eigenvalue weighted by Crippen LogP contribution is -2.49. The van der Waals surface area contributed by atoms with Crippen molar-refractivity contribution in [2.24, 2.45) is 0 Å². The molecule has 28 heavy (non-hydrogen) atoms. The fourth-order valence-electron chi connectivity index (χ4n) is 4.71. The molecule has 1 atom stereocenters. The highest BCUT2D eigenvalue weighted by molar-refractivity contribution is 5.48. The quantitative estimate of drug-likeness (QED) is 0.852. The van der Waals surface area contributed by atoms with Crippen LogP contribution < -0.4 is 10.2 Å². The zero-order chi connectivity index (χ0) is 19.2. The molecule has 2 aliphatic heterocycles. The maximum atomic E-state index is 4.28. The van der Waals surface area contributed by atoms with E-state index in [-0.39, 0.29) is 0 Å². The molecule has 2 aromatic rings. The second kappa shape index (κ2) is 9.53. The number of hydrogen-bond acceptors (Lipinski definition) is 4. The van der Waals surface area contributed by atoms with Gasteiger partial charge in [-0.3, -0.25) is 9.88 Å². The normalized spacial score (nSPS) is 22.2. The van der Waals surface area contributed by atoms with Crippen molar-refractivity contribution in [2.75, 3.05) is 31.1 Å². The summed E-state index contributed by atoms with van der Waals surface area (Å²) >= 11 is 0. The third-order valence-electron chi connectivity index (χ3n) is 6.22. The number of aryl methyl sites for hydroxylation is 1. The highest BCUT2D eigenvalue weighted by atomic mass is 15.2. The number of benzene rings is 1. The van der Waals surface area contributed by atoms with Crippen molar-refractivity contribution in [3.8, 4) is 0 Å². The predicted molar refractivity (Wildman–Crippen MR) is 117 cm³/mol. The molecule has 1 N–H and O–H groups in total. The Kier molecular flexibility index (Phi) is 6.61. The topological polar surface area (TPSA) is 31.4 Å². The Morgan fingerprint density at radius 1 is 1.00 bits per heavy atom. The Morgan fingerprint density at radius 2 is 1.89 bits per heavy atom. The van der Waals surface area contributed by atoms with Crippen LogP contribution in [-0.4, -0.2) is 48.1 Å². The molecule has 0 bridgehead atoms. The molecule has 3 heterocycles. The zero-order valence-corrected chi connectivity index (χ0v) is 17.2. The molecular weight excluding hydrogens is 344 g/mol. The molecule has 1 aromatic heterocycles. The molecule has 1 unspecified atom stereocenters. The van der Waals surface area contributed by atoms with E-state index in [9.17, 15) is 0 Å². The number of rotatable bonds is 5. The summed E-state index contributed by atoms with van der Waals surface area (Å²) in [6.07, 6.45) is 10.3. The largest absolute Gasteiger partial charge is 0.371 e.